The summed E-state index contributed by atoms with van der Waals surface area (Å²) in [5, 5.41) is 3.61. The van der Waals surface area contributed by atoms with E-state index in [0.29, 0.717) is 12.6 Å². The Bertz CT molecular complexity index is 354. The molecular formula is C14H22N2O. The van der Waals surface area contributed by atoms with Gasteiger partial charge in [-0.15, -0.1) is 0 Å². The van der Waals surface area contributed by atoms with Crippen LogP contribution < -0.4 is 5.32 Å². The molecule has 3 heteroatoms. The first-order valence-electron chi connectivity index (χ1n) is 6.31. The minimum absolute atomic E-state index is 0.576. The average Bonchev–Trinajstić information content (AvgIpc) is 2.30. The lowest BCUT2D eigenvalue weighted by molar-refractivity contribution is 0.185. The fraction of sp³-hybridized carbons (Fsp3) is 0.571. The van der Waals surface area contributed by atoms with Gasteiger partial charge in [-0.1, -0.05) is 12.1 Å². The second-order valence-corrected chi connectivity index (χ2v) is 4.88. The second-order valence-electron chi connectivity index (χ2n) is 4.88. The zero-order valence-corrected chi connectivity index (χ0v) is 10.8. The van der Waals surface area contributed by atoms with Gasteiger partial charge >= 0.3 is 0 Å². The summed E-state index contributed by atoms with van der Waals surface area (Å²) in [6, 6.07) is 9.07. The van der Waals surface area contributed by atoms with Crippen LogP contribution in [0.5, 0.6) is 0 Å². The van der Waals surface area contributed by atoms with Crippen LogP contribution in [-0.2, 0) is 11.3 Å². The maximum atomic E-state index is 5.15. The lowest BCUT2D eigenvalue weighted by Crippen LogP contribution is -2.39. The highest BCUT2D eigenvalue weighted by Gasteiger charge is 2.16. The minimum Gasteiger partial charge on any atom is -0.381 e. The van der Waals surface area contributed by atoms with E-state index < -0.39 is 0 Å². The van der Waals surface area contributed by atoms with Crippen LogP contribution in [0.2, 0.25) is 0 Å². The lowest BCUT2D eigenvalue weighted by Gasteiger charge is -2.31. The van der Waals surface area contributed by atoms with Crippen molar-refractivity contribution in [2.24, 2.45) is 0 Å². The topological polar surface area (TPSA) is 24.5 Å². The number of hydrogen-bond acceptors (Lipinski definition) is 3. The van der Waals surface area contributed by atoms with Crippen molar-refractivity contribution in [1.29, 1.82) is 0 Å². The van der Waals surface area contributed by atoms with E-state index in [-0.39, 0.29) is 0 Å². The summed E-state index contributed by atoms with van der Waals surface area (Å²) in [5.74, 6) is 0. The average molecular weight is 234 g/mol. The largest absolute Gasteiger partial charge is 0.381 e. The number of ether oxygens (including phenoxy) is 1. The molecule has 1 aliphatic rings. The quantitative estimate of drug-likeness (QED) is 0.865. The molecule has 0 radical (unpaired) electrons. The van der Waals surface area contributed by atoms with Gasteiger partial charge in [-0.3, -0.25) is 0 Å². The van der Waals surface area contributed by atoms with Crippen LogP contribution in [-0.4, -0.2) is 38.2 Å². The lowest BCUT2D eigenvalue weighted by atomic mass is 10.1. The van der Waals surface area contributed by atoms with Crippen molar-refractivity contribution in [3.63, 3.8) is 0 Å². The standard InChI is InChI=1S/C14H22N2O/c1-16-8-4-7-14(10-16)15-13-6-3-5-12(9-13)11-17-2/h3,5-6,9,14-15H,4,7-8,10-11H2,1-2H3. The van der Waals surface area contributed by atoms with E-state index in [2.05, 4.69) is 41.5 Å². The monoisotopic (exact) mass is 234 g/mol. The number of hydrogen-bond donors (Lipinski definition) is 1. The molecule has 1 aromatic carbocycles. The van der Waals surface area contributed by atoms with E-state index in [1.54, 1.807) is 7.11 Å². The first kappa shape index (κ1) is 12.4. The van der Waals surface area contributed by atoms with Crippen molar-refractivity contribution in [1.82, 2.24) is 4.90 Å². The highest BCUT2D eigenvalue weighted by atomic mass is 16.5. The molecule has 1 aromatic rings. The van der Waals surface area contributed by atoms with Gasteiger partial charge in [0.25, 0.3) is 0 Å². The summed E-state index contributed by atoms with van der Waals surface area (Å²) >= 11 is 0. The van der Waals surface area contributed by atoms with Gasteiger partial charge in [0.1, 0.15) is 0 Å². The molecule has 1 unspecified atom stereocenters. The number of likely N-dealkylation sites (N-methyl/N-ethyl adjacent to an activating group) is 1. The first-order valence-corrected chi connectivity index (χ1v) is 6.31. The third-order valence-corrected chi connectivity index (χ3v) is 3.23. The van der Waals surface area contributed by atoms with Gasteiger partial charge in [-0.25, -0.2) is 0 Å². The summed E-state index contributed by atoms with van der Waals surface area (Å²) < 4.78 is 5.15. The molecule has 0 aliphatic carbocycles. The Morgan fingerprint density at radius 3 is 3.12 bits per heavy atom. The van der Waals surface area contributed by atoms with Crippen LogP contribution in [0.4, 0.5) is 5.69 Å². The van der Waals surface area contributed by atoms with Gasteiger partial charge in [-0.05, 0) is 44.1 Å². The van der Waals surface area contributed by atoms with E-state index in [4.69, 9.17) is 4.74 Å². The summed E-state index contributed by atoms with van der Waals surface area (Å²) in [6.07, 6.45) is 2.55. The molecule has 1 atom stereocenters. The normalized spacial score (nSPS) is 21.4. The molecule has 17 heavy (non-hydrogen) atoms. The molecule has 2 rings (SSSR count). The molecule has 1 saturated heterocycles. The van der Waals surface area contributed by atoms with E-state index in [0.717, 1.165) is 6.54 Å². The van der Waals surface area contributed by atoms with E-state index in [9.17, 15) is 0 Å². The first-order chi connectivity index (χ1) is 8.28. The van der Waals surface area contributed by atoms with Crippen molar-refractivity contribution in [3.8, 4) is 0 Å². The van der Waals surface area contributed by atoms with Gasteiger partial charge in [-0.2, -0.15) is 0 Å². The number of anilines is 1. The van der Waals surface area contributed by atoms with Gasteiger partial charge in [0, 0.05) is 25.4 Å². The SMILES string of the molecule is COCc1cccc(NC2CCCN(C)C2)c1. The molecule has 0 spiro atoms. The number of rotatable bonds is 4. The summed E-state index contributed by atoms with van der Waals surface area (Å²) in [4.78, 5) is 2.39. The van der Waals surface area contributed by atoms with E-state index >= 15 is 0 Å². The molecule has 3 nitrogen and oxygen atoms in total. The Kier molecular flexibility index (Phi) is 4.40. The van der Waals surface area contributed by atoms with Crippen LogP contribution in [0.15, 0.2) is 24.3 Å². The summed E-state index contributed by atoms with van der Waals surface area (Å²) in [6.45, 7) is 3.04. The number of nitrogens with zero attached hydrogens (tertiary/aromatic N) is 1. The highest BCUT2D eigenvalue weighted by molar-refractivity contribution is 5.46. The van der Waals surface area contributed by atoms with Crippen LogP contribution >= 0.6 is 0 Å². The van der Waals surface area contributed by atoms with Crippen LogP contribution in [0.1, 0.15) is 18.4 Å². The fourth-order valence-electron chi connectivity index (χ4n) is 2.44. The Labute approximate surface area is 104 Å². The zero-order chi connectivity index (χ0) is 12.1. The maximum Gasteiger partial charge on any atom is 0.0713 e. The Balaban J connectivity index is 1.95. The number of piperidine rings is 1. The Hall–Kier alpha value is -1.06. The summed E-state index contributed by atoms with van der Waals surface area (Å²) in [5.41, 5.74) is 2.43. The number of nitrogens with one attached hydrogen (secondary N) is 1. The molecule has 0 amide bonds. The van der Waals surface area contributed by atoms with Gasteiger partial charge in [0.2, 0.25) is 0 Å². The Morgan fingerprint density at radius 1 is 1.47 bits per heavy atom. The number of likely N-dealkylation sites (tertiary alicyclic amines) is 1. The molecule has 0 saturated carbocycles. The summed E-state index contributed by atoms with van der Waals surface area (Å²) in [7, 11) is 3.92. The van der Waals surface area contributed by atoms with Gasteiger partial charge in [0.05, 0.1) is 6.61 Å². The minimum atomic E-state index is 0.576. The highest BCUT2D eigenvalue weighted by Crippen LogP contribution is 2.16. The van der Waals surface area contributed by atoms with Crippen LogP contribution in [0, 0.1) is 0 Å². The van der Waals surface area contributed by atoms with Crippen molar-refractivity contribution >= 4 is 5.69 Å². The van der Waals surface area contributed by atoms with E-state index in [1.165, 1.54) is 30.6 Å². The molecule has 1 heterocycles. The second kappa shape index (κ2) is 6.03. The van der Waals surface area contributed by atoms with Crippen LogP contribution in [0.3, 0.4) is 0 Å². The van der Waals surface area contributed by atoms with Gasteiger partial charge < -0.3 is 15.0 Å². The van der Waals surface area contributed by atoms with Crippen molar-refractivity contribution in [2.45, 2.75) is 25.5 Å². The molecule has 0 bridgehead atoms. The third-order valence-electron chi connectivity index (χ3n) is 3.23. The molecular weight excluding hydrogens is 212 g/mol. The predicted molar refractivity (Wildman–Crippen MR) is 71.3 cm³/mol. The molecule has 94 valence electrons. The zero-order valence-electron chi connectivity index (χ0n) is 10.8. The van der Waals surface area contributed by atoms with Crippen molar-refractivity contribution in [3.05, 3.63) is 29.8 Å². The predicted octanol–water partition coefficient (Wildman–Crippen LogP) is 2.34. The Morgan fingerprint density at radius 2 is 2.35 bits per heavy atom. The number of methoxy groups -OCH3 is 1. The van der Waals surface area contributed by atoms with Crippen molar-refractivity contribution < 1.29 is 4.74 Å². The van der Waals surface area contributed by atoms with Crippen LogP contribution in [0.25, 0.3) is 0 Å². The smallest absolute Gasteiger partial charge is 0.0713 e. The van der Waals surface area contributed by atoms with E-state index in [1.807, 2.05) is 0 Å². The molecule has 1 fully saturated rings. The van der Waals surface area contributed by atoms with Crippen molar-refractivity contribution in [2.75, 3.05) is 32.6 Å². The third kappa shape index (κ3) is 3.72. The molecule has 1 aliphatic heterocycles. The maximum absolute atomic E-state index is 5.15. The molecule has 0 aromatic heterocycles. The molecule has 1 N–H and O–H groups in total. The fourth-order valence-corrected chi connectivity index (χ4v) is 2.44. The number of benzene rings is 1. The van der Waals surface area contributed by atoms with Gasteiger partial charge in [0.15, 0.2) is 0 Å².